The smallest absolute Gasteiger partial charge is 0.0698 e. The molecule has 0 spiro atoms. The Balaban J connectivity index is 1.61. The van der Waals surface area contributed by atoms with E-state index in [2.05, 4.69) is 19.2 Å². The lowest BCUT2D eigenvalue weighted by atomic mass is 9.40. The van der Waals surface area contributed by atoms with Gasteiger partial charge in [-0.2, -0.15) is 0 Å². The van der Waals surface area contributed by atoms with E-state index in [0.717, 1.165) is 17.4 Å². The second-order valence-corrected chi connectivity index (χ2v) is 10.8. The molecule has 0 radical (unpaired) electrons. The van der Waals surface area contributed by atoms with E-state index in [9.17, 15) is 0 Å². The van der Waals surface area contributed by atoms with Crippen molar-refractivity contribution in [3.8, 4) is 0 Å². The fraction of sp³-hybridized carbons (Fsp3) is 0.778. The number of hydrogen-bond donors (Lipinski definition) is 0. The van der Waals surface area contributed by atoms with Crippen molar-refractivity contribution in [2.45, 2.75) is 64.2 Å². The van der Waals surface area contributed by atoms with Crippen molar-refractivity contribution in [3.05, 3.63) is 21.3 Å². The highest BCUT2D eigenvalue weighted by Crippen LogP contribution is 2.71. The topological polar surface area (TPSA) is 0 Å². The molecule has 0 nitrogen and oxygen atoms in total. The fourth-order valence-electron chi connectivity index (χ4n) is 6.91. The van der Waals surface area contributed by atoms with Crippen molar-refractivity contribution in [2.75, 3.05) is 0 Å². The highest BCUT2D eigenvalue weighted by molar-refractivity contribution is 7.11. The van der Waals surface area contributed by atoms with Crippen LogP contribution in [0, 0.1) is 22.2 Å². The van der Waals surface area contributed by atoms with Crippen molar-refractivity contribution in [3.63, 3.8) is 0 Å². The van der Waals surface area contributed by atoms with Crippen LogP contribution in [-0.2, 0) is 0 Å². The van der Waals surface area contributed by atoms with Gasteiger partial charge in [-0.15, -0.1) is 22.9 Å². The van der Waals surface area contributed by atoms with E-state index >= 15 is 0 Å². The SMILES string of the molecule is CC12CC3CC(C)(C1)CC(CC(Cl)c1sccc1Cl)(C3)C2. The van der Waals surface area contributed by atoms with Gasteiger partial charge < -0.3 is 0 Å². The van der Waals surface area contributed by atoms with Gasteiger partial charge in [0.1, 0.15) is 0 Å². The fourth-order valence-corrected chi connectivity index (χ4v) is 8.73. The summed E-state index contributed by atoms with van der Waals surface area (Å²) in [5, 5.41) is 3.03. The first kappa shape index (κ1) is 14.8. The minimum absolute atomic E-state index is 0.0981. The Morgan fingerprint density at radius 2 is 1.86 bits per heavy atom. The lowest BCUT2D eigenvalue weighted by Crippen LogP contribution is -2.55. The van der Waals surface area contributed by atoms with Crippen LogP contribution >= 0.6 is 34.5 Å². The third-order valence-corrected chi connectivity index (χ3v) is 8.26. The third kappa shape index (κ3) is 2.48. The predicted molar refractivity (Wildman–Crippen MR) is 92.4 cm³/mol. The van der Waals surface area contributed by atoms with E-state index in [0.29, 0.717) is 16.2 Å². The molecule has 3 atom stereocenters. The normalized spacial score (nSPS) is 46.0. The van der Waals surface area contributed by atoms with Gasteiger partial charge in [0.2, 0.25) is 0 Å². The molecule has 1 heterocycles. The van der Waals surface area contributed by atoms with Crippen LogP contribution < -0.4 is 0 Å². The molecule has 0 aliphatic heterocycles. The monoisotopic (exact) mass is 342 g/mol. The molecular formula is C18H24Cl2S. The first-order chi connectivity index (χ1) is 9.81. The summed E-state index contributed by atoms with van der Waals surface area (Å²) < 4.78 is 0. The Hall–Kier alpha value is 0.280. The maximum atomic E-state index is 6.81. The molecule has 3 heteroatoms. The van der Waals surface area contributed by atoms with Gasteiger partial charge in [0, 0.05) is 4.88 Å². The number of halogens is 2. The molecule has 1 aromatic rings. The van der Waals surface area contributed by atoms with Gasteiger partial charge in [-0.3, -0.25) is 0 Å². The van der Waals surface area contributed by atoms with Crippen LogP contribution in [0.25, 0.3) is 0 Å². The maximum Gasteiger partial charge on any atom is 0.0698 e. The lowest BCUT2D eigenvalue weighted by Gasteiger charge is -2.66. The van der Waals surface area contributed by atoms with E-state index < -0.39 is 0 Å². The number of rotatable bonds is 3. The summed E-state index contributed by atoms with van der Waals surface area (Å²) in [5.41, 5.74) is 1.62. The Morgan fingerprint density at radius 1 is 1.19 bits per heavy atom. The van der Waals surface area contributed by atoms with Crippen LogP contribution in [0.3, 0.4) is 0 Å². The maximum absolute atomic E-state index is 6.81. The molecule has 5 rings (SSSR count). The number of thiophene rings is 1. The molecule has 0 N–H and O–H groups in total. The molecule has 0 amide bonds. The van der Waals surface area contributed by atoms with Crippen LogP contribution in [0.4, 0.5) is 0 Å². The average Bonchev–Trinajstić information content (AvgIpc) is 2.69. The zero-order valence-corrected chi connectivity index (χ0v) is 15.3. The first-order valence-electron chi connectivity index (χ1n) is 8.18. The average molecular weight is 343 g/mol. The molecule has 4 aliphatic rings. The third-order valence-electron chi connectivity index (χ3n) is 6.28. The Morgan fingerprint density at radius 3 is 2.38 bits per heavy atom. The van der Waals surface area contributed by atoms with Crippen LogP contribution in [-0.4, -0.2) is 0 Å². The van der Waals surface area contributed by atoms with Crippen LogP contribution in [0.2, 0.25) is 5.02 Å². The Kier molecular flexibility index (Phi) is 3.28. The molecule has 21 heavy (non-hydrogen) atoms. The molecule has 3 unspecified atom stereocenters. The Bertz CT molecular complexity index is 545. The van der Waals surface area contributed by atoms with E-state index in [4.69, 9.17) is 23.2 Å². The summed E-state index contributed by atoms with van der Waals surface area (Å²) >= 11 is 14.8. The van der Waals surface area contributed by atoms with Gasteiger partial charge in [0.15, 0.2) is 0 Å². The number of alkyl halides is 1. The summed E-state index contributed by atoms with van der Waals surface area (Å²) in [6.07, 6.45) is 9.65. The molecule has 4 aliphatic carbocycles. The van der Waals surface area contributed by atoms with E-state index in [1.807, 2.05) is 6.07 Å². The van der Waals surface area contributed by atoms with Crippen molar-refractivity contribution in [1.29, 1.82) is 0 Å². The van der Waals surface area contributed by atoms with Gasteiger partial charge in [-0.05, 0) is 78.6 Å². The van der Waals surface area contributed by atoms with Crippen molar-refractivity contribution in [2.24, 2.45) is 22.2 Å². The highest BCUT2D eigenvalue weighted by Gasteiger charge is 2.60. The second kappa shape index (κ2) is 4.65. The van der Waals surface area contributed by atoms with Crippen molar-refractivity contribution >= 4 is 34.5 Å². The molecule has 4 fully saturated rings. The van der Waals surface area contributed by atoms with Gasteiger partial charge in [0.05, 0.1) is 10.4 Å². The summed E-state index contributed by atoms with van der Waals surface area (Å²) in [6.45, 7) is 5.07. The largest absolute Gasteiger partial charge is 0.146 e. The van der Waals surface area contributed by atoms with E-state index in [1.165, 1.54) is 43.4 Å². The van der Waals surface area contributed by atoms with Crippen LogP contribution in [0.15, 0.2) is 11.4 Å². The number of hydrogen-bond acceptors (Lipinski definition) is 1. The Labute approximate surface area is 142 Å². The minimum Gasteiger partial charge on any atom is -0.146 e. The van der Waals surface area contributed by atoms with Gasteiger partial charge in [-0.25, -0.2) is 0 Å². The van der Waals surface area contributed by atoms with Crippen molar-refractivity contribution in [1.82, 2.24) is 0 Å². The standard InChI is InChI=1S/C18H24Cl2S/c1-16-5-12-6-17(2,9-16)11-18(7-12,10-16)8-14(20)15-13(19)3-4-21-15/h3-4,12,14H,5-11H2,1-2H3. The summed E-state index contributed by atoms with van der Waals surface area (Å²) in [6, 6.07) is 1.99. The van der Waals surface area contributed by atoms with Gasteiger partial charge >= 0.3 is 0 Å². The highest BCUT2D eigenvalue weighted by atomic mass is 35.5. The quantitative estimate of drug-likeness (QED) is 0.515. The summed E-state index contributed by atoms with van der Waals surface area (Å²) in [5.74, 6) is 0.943. The molecule has 1 aromatic heterocycles. The molecule has 116 valence electrons. The molecular weight excluding hydrogens is 319 g/mol. The molecule has 0 saturated heterocycles. The predicted octanol–water partition coefficient (Wildman–Crippen LogP) is 7.07. The van der Waals surface area contributed by atoms with Gasteiger partial charge in [-0.1, -0.05) is 25.4 Å². The molecule has 4 saturated carbocycles. The zero-order chi connectivity index (χ0) is 14.9. The van der Waals surface area contributed by atoms with Crippen molar-refractivity contribution < 1.29 is 0 Å². The lowest BCUT2D eigenvalue weighted by molar-refractivity contribution is -0.147. The van der Waals surface area contributed by atoms with E-state index in [1.54, 1.807) is 11.3 Å². The van der Waals surface area contributed by atoms with E-state index in [-0.39, 0.29) is 5.38 Å². The summed E-state index contributed by atoms with van der Waals surface area (Å²) in [7, 11) is 0. The summed E-state index contributed by atoms with van der Waals surface area (Å²) in [4.78, 5) is 1.18. The zero-order valence-electron chi connectivity index (χ0n) is 12.9. The molecule has 4 bridgehead atoms. The minimum atomic E-state index is 0.0981. The molecule has 0 aromatic carbocycles. The van der Waals surface area contributed by atoms with Crippen LogP contribution in [0.5, 0.6) is 0 Å². The van der Waals surface area contributed by atoms with Gasteiger partial charge in [0.25, 0.3) is 0 Å². The second-order valence-electron chi connectivity index (χ2n) is 8.93. The first-order valence-corrected chi connectivity index (χ1v) is 9.87. The van der Waals surface area contributed by atoms with Crippen LogP contribution in [0.1, 0.15) is 69.0 Å².